The van der Waals surface area contributed by atoms with Crippen LogP contribution in [0.4, 0.5) is 0 Å². The standard InChI is InChI=1S/C9H11N3OS/c1-12(6-8(10)14)9(13)7-4-2-3-5-11-7/h2-5H,6H2,1H3,(H2,10,14). The lowest BCUT2D eigenvalue weighted by Gasteiger charge is -2.15. The third-order valence-corrected chi connectivity index (χ3v) is 1.75. The molecule has 0 aliphatic heterocycles. The van der Waals surface area contributed by atoms with Crippen molar-refractivity contribution in [3.8, 4) is 0 Å². The number of carbonyl (C=O) groups is 1. The van der Waals surface area contributed by atoms with Crippen molar-refractivity contribution in [3.05, 3.63) is 30.1 Å². The van der Waals surface area contributed by atoms with Crippen LogP contribution in [0.5, 0.6) is 0 Å². The topological polar surface area (TPSA) is 59.2 Å². The molecule has 1 aromatic heterocycles. The van der Waals surface area contributed by atoms with Crippen molar-refractivity contribution in [2.24, 2.45) is 5.73 Å². The fraction of sp³-hybridized carbons (Fsp3) is 0.222. The van der Waals surface area contributed by atoms with E-state index in [0.29, 0.717) is 5.69 Å². The zero-order chi connectivity index (χ0) is 10.6. The van der Waals surface area contributed by atoms with Crippen LogP contribution in [0.15, 0.2) is 24.4 Å². The molecule has 0 atom stereocenters. The van der Waals surface area contributed by atoms with Crippen LogP contribution >= 0.6 is 12.2 Å². The summed E-state index contributed by atoms with van der Waals surface area (Å²) < 4.78 is 0. The Morgan fingerprint density at radius 3 is 2.86 bits per heavy atom. The maximum absolute atomic E-state index is 11.6. The molecule has 4 nitrogen and oxygen atoms in total. The highest BCUT2D eigenvalue weighted by Gasteiger charge is 2.12. The molecule has 1 heterocycles. The van der Waals surface area contributed by atoms with Crippen LogP contribution in [0.1, 0.15) is 10.5 Å². The summed E-state index contributed by atoms with van der Waals surface area (Å²) in [4.78, 5) is 17.3. The van der Waals surface area contributed by atoms with Crippen LogP contribution in [0, 0.1) is 0 Å². The van der Waals surface area contributed by atoms with Gasteiger partial charge >= 0.3 is 0 Å². The Hall–Kier alpha value is -1.49. The van der Waals surface area contributed by atoms with Gasteiger partial charge in [0.1, 0.15) is 5.69 Å². The first kappa shape index (κ1) is 10.6. The minimum Gasteiger partial charge on any atom is -0.392 e. The first-order valence-electron chi connectivity index (χ1n) is 4.06. The summed E-state index contributed by atoms with van der Waals surface area (Å²) in [5.74, 6) is -0.182. The van der Waals surface area contributed by atoms with Crippen LogP contribution in [0.3, 0.4) is 0 Å². The Morgan fingerprint density at radius 1 is 1.64 bits per heavy atom. The molecule has 0 spiro atoms. The van der Waals surface area contributed by atoms with E-state index in [0.717, 1.165) is 0 Å². The number of carbonyl (C=O) groups excluding carboxylic acids is 1. The molecular formula is C9H11N3OS. The summed E-state index contributed by atoms with van der Waals surface area (Å²) in [6.45, 7) is 0.269. The maximum Gasteiger partial charge on any atom is 0.272 e. The van der Waals surface area contributed by atoms with Crippen molar-refractivity contribution >= 4 is 23.1 Å². The highest BCUT2D eigenvalue weighted by Crippen LogP contribution is 1.98. The Kier molecular flexibility index (Phi) is 3.53. The number of nitrogens with two attached hydrogens (primary N) is 1. The Morgan fingerprint density at radius 2 is 2.36 bits per heavy atom. The van der Waals surface area contributed by atoms with Crippen LogP contribution in [-0.2, 0) is 0 Å². The normalized spacial score (nSPS) is 9.50. The van der Waals surface area contributed by atoms with Crippen molar-refractivity contribution < 1.29 is 4.79 Å². The fourth-order valence-corrected chi connectivity index (χ4v) is 1.18. The number of hydrogen-bond donors (Lipinski definition) is 1. The van der Waals surface area contributed by atoms with Gasteiger partial charge in [0.2, 0.25) is 0 Å². The molecular weight excluding hydrogens is 198 g/mol. The molecule has 2 N–H and O–H groups in total. The SMILES string of the molecule is CN(CC(N)=S)C(=O)c1ccccn1. The molecule has 0 saturated carbocycles. The van der Waals surface area contributed by atoms with Crippen LogP contribution in [0.2, 0.25) is 0 Å². The average molecular weight is 209 g/mol. The van der Waals surface area contributed by atoms with Gasteiger partial charge in [-0.25, -0.2) is 0 Å². The third kappa shape index (κ3) is 2.77. The molecule has 0 aromatic carbocycles. The van der Waals surface area contributed by atoms with Gasteiger partial charge in [-0.15, -0.1) is 0 Å². The van der Waals surface area contributed by atoms with Crippen molar-refractivity contribution in [1.29, 1.82) is 0 Å². The number of aromatic nitrogens is 1. The highest BCUT2D eigenvalue weighted by molar-refractivity contribution is 7.80. The van der Waals surface area contributed by atoms with Gasteiger partial charge < -0.3 is 10.6 Å². The number of amides is 1. The number of nitrogens with zero attached hydrogens (tertiary/aromatic N) is 2. The highest BCUT2D eigenvalue weighted by atomic mass is 32.1. The number of hydrogen-bond acceptors (Lipinski definition) is 3. The molecule has 0 aliphatic rings. The molecule has 14 heavy (non-hydrogen) atoms. The fourth-order valence-electron chi connectivity index (χ4n) is 0.990. The minimum absolute atomic E-state index is 0.182. The van der Waals surface area contributed by atoms with Crippen LogP contribution < -0.4 is 5.73 Å². The van der Waals surface area contributed by atoms with E-state index in [9.17, 15) is 4.79 Å². The van der Waals surface area contributed by atoms with Crippen molar-refractivity contribution in [1.82, 2.24) is 9.88 Å². The molecule has 1 rings (SSSR count). The molecule has 0 unspecified atom stereocenters. The second-order valence-corrected chi connectivity index (χ2v) is 3.37. The van der Waals surface area contributed by atoms with E-state index in [1.807, 2.05) is 0 Å². The third-order valence-electron chi connectivity index (χ3n) is 1.62. The Balaban J connectivity index is 2.71. The molecule has 0 saturated heterocycles. The van der Waals surface area contributed by atoms with E-state index in [-0.39, 0.29) is 17.4 Å². The summed E-state index contributed by atoms with van der Waals surface area (Å²) in [6.07, 6.45) is 1.57. The van der Waals surface area contributed by atoms with Crippen molar-refractivity contribution in [2.45, 2.75) is 0 Å². The molecule has 5 heteroatoms. The van der Waals surface area contributed by atoms with E-state index >= 15 is 0 Å². The predicted octanol–water partition coefficient (Wildman–Crippen LogP) is 0.440. The largest absolute Gasteiger partial charge is 0.392 e. The van der Waals surface area contributed by atoms with E-state index in [1.165, 1.54) is 4.90 Å². The lowest BCUT2D eigenvalue weighted by Crippen LogP contribution is -2.34. The first-order valence-corrected chi connectivity index (χ1v) is 4.47. The zero-order valence-electron chi connectivity index (χ0n) is 7.80. The molecule has 0 bridgehead atoms. The van der Waals surface area contributed by atoms with Gasteiger partial charge in [-0.2, -0.15) is 0 Å². The first-order chi connectivity index (χ1) is 6.61. The van der Waals surface area contributed by atoms with E-state index < -0.39 is 0 Å². The summed E-state index contributed by atoms with van der Waals surface area (Å²) >= 11 is 4.70. The van der Waals surface area contributed by atoms with Gasteiger partial charge in [0.15, 0.2) is 0 Å². The average Bonchev–Trinajstić information content (AvgIpc) is 2.17. The molecule has 0 fully saturated rings. The number of rotatable bonds is 3. The predicted molar refractivity (Wildman–Crippen MR) is 58.0 cm³/mol. The lowest BCUT2D eigenvalue weighted by molar-refractivity contribution is 0.0809. The molecule has 1 amide bonds. The van der Waals surface area contributed by atoms with Gasteiger partial charge in [0, 0.05) is 13.2 Å². The van der Waals surface area contributed by atoms with Gasteiger partial charge in [-0.05, 0) is 12.1 Å². The molecule has 1 aromatic rings. The number of pyridine rings is 1. The van der Waals surface area contributed by atoms with Gasteiger partial charge in [-0.3, -0.25) is 9.78 Å². The van der Waals surface area contributed by atoms with Gasteiger partial charge in [0.05, 0.1) is 11.5 Å². The second kappa shape index (κ2) is 4.66. The number of thiocarbonyl (C=S) groups is 1. The minimum atomic E-state index is -0.182. The maximum atomic E-state index is 11.6. The Labute approximate surface area is 87.7 Å². The Bertz CT molecular complexity index is 339. The van der Waals surface area contributed by atoms with E-state index in [2.05, 4.69) is 4.98 Å². The summed E-state index contributed by atoms with van der Waals surface area (Å²) in [5, 5.41) is 0. The summed E-state index contributed by atoms with van der Waals surface area (Å²) in [6, 6.07) is 5.16. The monoisotopic (exact) mass is 209 g/mol. The second-order valence-electron chi connectivity index (χ2n) is 2.84. The van der Waals surface area contributed by atoms with Gasteiger partial charge in [-0.1, -0.05) is 18.3 Å². The number of likely N-dealkylation sites (N-methyl/N-ethyl adjacent to an activating group) is 1. The smallest absolute Gasteiger partial charge is 0.272 e. The summed E-state index contributed by atoms with van der Waals surface area (Å²) in [5.41, 5.74) is 5.72. The summed E-state index contributed by atoms with van der Waals surface area (Å²) in [7, 11) is 1.64. The lowest BCUT2D eigenvalue weighted by atomic mass is 10.3. The van der Waals surface area contributed by atoms with Crippen LogP contribution in [0.25, 0.3) is 0 Å². The van der Waals surface area contributed by atoms with E-state index in [4.69, 9.17) is 18.0 Å². The van der Waals surface area contributed by atoms with Crippen molar-refractivity contribution in [3.63, 3.8) is 0 Å². The van der Waals surface area contributed by atoms with Crippen molar-refractivity contribution in [2.75, 3.05) is 13.6 Å². The quantitative estimate of drug-likeness (QED) is 0.734. The van der Waals surface area contributed by atoms with Crippen LogP contribution in [-0.4, -0.2) is 34.4 Å². The van der Waals surface area contributed by atoms with Gasteiger partial charge in [0.25, 0.3) is 5.91 Å². The molecule has 74 valence electrons. The molecule has 0 aliphatic carbocycles. The molecule has 0 radical (unpaired) electrons. The van der Waals surface area contributed by atoms with E-state index in [1.54, 1.807) is 31.4 Å². The zero-order valence-corrected chi connectivity index (χ0v) is 8.62.